The smallest absolute Gasteiger partial charge is 0.247 e. The zero-order valence-electron chi connectivity index (χ0n) is 21.3. The Hall–Kier alpha value is -2.88. The molecule has 2 heterocycles. The van der Waals surface area contributed by atoms with Crippen LogP contribution < -0.4 is 11.1 Å². The Bertz CT molecular complexity index is 1030. The summed E-state index contributed by atoms with van der Waals surface area (Å²) in [6.45, 7) is 0.107. The van der Waals surface area contributed by atoms with Crippen LogP contribution in [0.25, 0.3) is 11.4 Å². The number of anilines is 1. The van der Waals surface area contributed by atoms with Gasteiger partial charge < -0.3 is 16.0 Å². The summed E-state index contributed by atoms with van der Waals surface area (Å²) in [5.74, 6) is 1.14. The molecule has 9 nitrogen and oxygen atoms in total. The standard InChI is InChI=1S/C27H38FN7O2/c28-16-23(29)18-6-8-20(9-7-18)27(37)35-15-14-22(17-4-2-1-3-5-17)24(35)26(36)30-21-12-10-19(11-13-21)25-31-33-34-32-25/h10-13,17-18,20,22-24H,1-9,14-16,29H2,(H,30,36)(H,31,32,33,34)/t18?,20?,22-,23+,24-/m0/s1. The number of amides is 2. The quantitative estimate of drug-likeness (QED) is 0.520. The normalized spacial score (nSPS) is 27.7. The maximum Gasteiger partial charge on any atom is 0.247 e. The second-order valence-electron chi connectivity index (χ2n) is 11.1. The Kier molecular flexibility index (Phi) is 8.12. The largest absolute Gasteiger partial charge is 0.330 e. The first kappa shape index (κ1) is 25.8. The van der Waals surface area contributed by atoms with Crippen molar-refractivity contribution >= 4 is 17.5 Å². The number of nitrogens with zero attached hydrogens (tertiary/aromatic N) is 4. The van der Waals surface area contributed by atoms with E-state index in [-0.39, 0.29) is 29.6 Å². The summed E-state index contributed by atoms with van der Waals surface area (Å²) in [6.07, 6.45) is 9.73. The molecule has 2 aromatic rings. The summed E-state index contributed by atoms with van der Waals surface area (Å²) >= 11 is 0. The number of nitrogens with one attached hydrogen (secondary N) is 2. The third-order valence-corrected chi connectivity index (χ3v) is 8.91. The fraction of sp³-hybridized carbons (Fsp3) is 0.667. The molecule has 3 atom stereocenters. The number of nitrogens with two attached hydrogens (primary N) is 1. The highest BCUT2D eigenvalue weighted by Crippen LogP contribution is 2.41. The van der Waals surface area contributed by atoms with Gasteiger partial charge in [0.05, 0.1) is 0 Å². The lowest BCUT2D eigenvalue weighted by Gasteiger charge is -2.36. The van der Waals surface area contributed by atoms with E-state index in [9.17, 15) is 14.0 Å². The van der Waals surface area contributed by atoms with Gasteiger partial charge in [0.2, 0.25) is 17.6 Å². The molecule has 2 amide bonds. The number of aromatic nitrogens is 4. The summed E-state index contributed by atoms with van der Waals surface area (Å²) in [6, 6.07) is 6.45. The van der Waals surface area contributed by atoms with E-state index >= 15 is 0 Å². The molecule has 37 heavy (non-hydrogen) atoms. The average molecular weight is 512 g/mol. The second kappa shape index (κ2) is 11.7. The van der Waals surface area contributed by atoms with Crippen LogP contribution in [-0.4, -0.2) is 62.6 Å². The Morgan fingerprint density at radius 2 is 1.78 bits per heavy atom. The number of alkyl halides is 1. The predicted molar refractivity (Wildman–Crippen MR) is 138 cm³/mol. The highest BCUT2D eigenvalue weighted by Gasteiger charge is 2.46. The number of carbonyl (C=O) groups is 2. The minimum Gasteiger partial charge on any atom is -0.330 e. The van der Waals surface area contributed by atoms with Gasteiger partial charge in [0.15, 0.2) is 0 Å². The molecule has 1 aromatic heterocycles. The minimum absolute atomic E-state index is 0.0817. The molecule has 200 valence electrons. The van der Waals surface area contributed by atoms with E-state index in [4.69, 9.17) is 5.73 Å². The van der Waals surface area contributed by atoms with Crippen molar-refractivity contribution in [2.45, 2.75) is 76.3 Å². The van der Waals surface area contributed by atoms with Gasteiger partial charge in [-0.1, -0.05) is 32.1 Å². The molecule has 1 aromatic carbocycles. The first-order chi connectivity index (χ1) is 18.0. The number of hydrogen-bond donors (Lipinski definition) is 3. The molecule has 2 aliphatic carbocycles. The number of tetrazole rings is 1. The maximum atomic E-state index is 13.8. The molecular formula is C27H38FN7O2. The monoisotopic (exact) mass is 511 g/mol. The third kappa shape index (κ3) is 5.68. The molecule has 10 heteroatoms. The Labute approximate surface area is 217 Å². The van der Waals surface area contributed by atoms with Crippen molar-refractivity contribution in [1.82, 2.24) is 25.5 Å². The van der Waals surface area contributed by atoms with Crippen LogP contribution in [0.1, 0.15) is 64.2 Å². The fourth-order valence-electron chi connectivity index (χ4n) is 6.81. The first-order valence-electron chi connectivity index (χ1n) is 13.8. The summed E-state index contributed by atoms with van der Waals surface area (Å²) in [5.41, 5.74) is 7.41. The summed E-state index contributed by atoms with van der Waals surface area (Å²) in [7, 11) is 0. The molecule has 3 fully saturated rings. The predicted octanol–water partition coefficient (Wildman–Crippen LogP) is 3.71. The van der Waals surface area contributed by atoms with E-state index < -0.39 is 18.8 Å². The number of halogens is 1. The number of carbonyl (C=O) groups excluding carboxylic acids is 2. The molecule has 3 aliphatic rings. The van der Waals surface area contributed by atoms with Crippen LogP contribution in [0.2, 0.25) is 0 Å². The van der Waals surface area contributed by atoms with Crippen molar-refractivity contribution in [2.75, 3.05) is 18.5 Å². The van der Waals surface area contributed by atoms with Crippen LogP contribution in [0.3, 0.4) is 0 Å². The van der Waals surface area contributed by atoms with Gasteiger partial charge in [-0.15, -0.1) is 10.2 Å². The molecular weight excluding hydrogens is 473 g/mol. The van der Waals surface area contributed by atoms with Crippen molar-refractivity contribution in [2.24, 2.45) is 29.4 Å². The van der Waals surface area contributed by atoms with Gasteiger partial charge >= 0.3 is 0 Å². The highest BCUT2D eigenvalue weighted by atomic mass is 19.1. The lowest BCUT2D eigenvalue weighted by Crippen LogP contribution is -2.50. The lowest BCUT2D eigenvalue weighted by atomic mass is 9.76. The maximum absolute atomic E-state index is 13.8. The van der Waals surface area contributed by atoms with Crippen LogP contribution in [0, 0.1) is 23.7 Å². The van der Waals surface area contributed by atoms with Crippen molar-refractivity contribution in [1.29, 1.82) is 0 Å². The molecule has 1 aliphatic heterocycles. The summed E-state index contributed by atoms with van der Waals surface area (Å²) in [5, 5.41) is 17.1. The third-order valence-electron chi connectivity index (χ3n) is 8.91. The Balaban J connectivity index is 1.30. The Morgan fingerprint density at radius 3 is 2.43 bits per heavy atom. The van der Waals surface area contributed by atoms with Crippen LogP contribution >= 0.6 is 0 Å². The van der Waals surface area contributed by atoms with Crippen LogP contribution in [0.4, 0.5) is 10.1 Å². The lowest BCUT2D eigenvalue weighted by molar-refractivity contribution is -0.142. The molecule has 0 bridgehead atoms. The molecule has 1 saturated heterocycles. The van der Waals surface area contributed by atoms with Gasteiger partial charge in [0.25, 0.3) is 0 Å². The molecule has 0 spiro atoms. The van der Waals surface area contributed by atoms with E-state index in [1.807, 2.05) is 29.2 Å². The molecule has 0 radical (unpaired) electrons. The van der Waals surface area contributed by atoms with Gasteiger partial charge in [-0.2, -0.15) is 5.21 Å². The average Bonchev–Trinajstić information content (AvgIpc) is 3.64. The first-order valence-corrected chi connectivity index (χ1v) is 13.8. The number of likely N-dealkylation sites (tertiary alicyclic amines) is 1. The van der Waals surface area contributed by atoms with Gasteiger partial charge in [-0.05, 0) is 79.3 Å². The van der Waals surface area contributed by atoms with E-state index in [1.54, 1.807) is 0 Å². The van der Waals surface area contributed by atoms with Gasteiger partial charge in [0.1, 0.15) is 12.7 Å². The molecule has 0 unspecified atom stereocenters. The molecule has 2 saturated carbocycles. The SMILES string of the molecule is N[C@H](CF)C1CCC(C(=O)N2CC[C@@H](C3CCCCC3)[C@H]2C(=O)Nc2ccc(-c3nn[nH]n3)cc2)CC1. The van der Waals surface area contributed by atoms with Crippen LogP contribution in [0.15, 0.2) is 24.3 Å². The number of H-pyrrole nitrogens is 1. The van der Waals surface area contributed by atoms with Crippen molar-refractivity contribution in [3.05, 3.63) is 24.3 Å². The van der Waals surface area contributed by atoms with E-state index in [2.05, 4.69) is 25.9 Å². The summed E-state index contributed by atoms with van der Waals surface area (Å²) < 4.78 is 13.0. The topological polar surface area (TPSA) is 130 Å². The zero-order valence-corrected chi connectivity index (χ0v) is 21.3. The highest BCUT2D eigenvalue weighted by molar-refractivity contribution is 5.98. The fourth-order valence-corrected chi connectivity index (χ4v) is 6.81. The van der Waals surface area contributed by atoms with Crippen LogP contribution in [-0.2, 0) is 9.59 Å². The van der Waals surface area contributed by atoms with Crippen molar-refractivity contribution in [3.63, 3.8) is 0 Å². The van der Waals surface area contributed by atoms with Crippen molar-refractivity contribution in [3.8, 4) is 11.4 Å². The number of aromatic amines is 1. The molecule has 4 N–H and O–H groups in total. The van der Waals surface area contributed by atoms with Crippen LogP contribution in [0.5, 0.6) is 0 Å². The van der Waals surface area contributed by atoms with Gasteiger partial charge in [-0.25, -0.2) is 4.39 Å². The number of benzene rings is 1. The van der Waals surface area contributed by atoms with Crippen molar-refractivity contribution < 1.29 is 14.0 Å². The summed E-state index contributed by atoms with van der Waals surface area (Å²) in [4.78, 5) is 29.4. The van der Waals surface area contributed by atoms with E-state index in [0.29, 0.717) is 36.8 Å². The zero-order chi connectivity index (χ0) is 25.8. The Morgan fingerprint density at radius 1 is 1.05 bits per heavy atom. The van der Waals surface area contributed by atoms with Gasteiger partial charge in [0, 0.05) is 29.8 Å². The van der Waals surface area contributed by atoms with Gasteiger partial charge in [-0.3, -0.25) is 9.59 Å². The minimum atomic E-state index is -0.517. The number of rotatable bonds is 7. The second-order valence-corrected chi connectivity index (χ2v) is 11.1. The molecule has 5 rings (SSSR count). The number of hydrogen-bond acceptors (Lipinski definition) is 6. The van der Waals surface area contributed by atoms with E-state index in [1.165, 1.54) is 19.3 Å². The van der Waals surface area contributed by atoms with E-state index in [0.717, 1.165) is 37.7 Å².